The fourth-order valence-corrected chi connectivity index (χ4v) is 2.34. The second kappa shape index (κ2) is 5.82. The van der Waals surface area contributed by atoms with Crippen LogP contribution in [0.15, 0.2) is 18.2 Å². The molecule has 98 valence electrons. The summed E-state index contributed by atoms with van der Waals surface area (Å²) in [6.45, 7) is 3.87. The number of hydrogen-bond donors (Lipinski definition) is 2. The Kier molecular flexibility index (Phi) is 4.15. The van der Waals surface area contributed by atoms with Gasteiger partial charge in [0.25, 0.3) is 5.91 Å². The summed E-state index contributed by atoms with van der Waals surface area (Å²) in [5.74, 6) is 6.58. The number of likely N-dealkylation sites (tertiary alicyclic amines) is 1. The number of carbonyl (C=O) groups is 1. The Balaban J connectivity index is 2.03. The summed E-state index contributed by atoms with van der Waals surface area (Å²) in [5, 5.41) is 0. The number of nitrogens with one attached hydrogen (secondary N) is 1. The smallest absolute Gasteiger partial charge is 0.272 e. The number of piperidine rings is 1. The molecule has 1 aliphatic heterocycles. The van der Waals surface area contributed by atoms with Gasteiger partial charge < -0.3 is 10.3 Å². The van der Waals surface area contributed by atoms with Crippen molar-refractivity contribution >= 4 is 11.7 Å². The van der Waals surface area contributed by atoms with Crippen LogP contribution in [-0.2, 0) is 0 Å². The van der Waals surface area contributed by atoms with Crippen LogP contribution in [0, 0.1) is 5.92 Å². The number of anilines is 1. The second-order valence-corrected chi connectivity index (χ2v) is 4.70. The van der Waals surface area contributed by atoms with Crippen molar-refractivity contribution in [3.63, 3.8) is 0 Å². The third-order valence-electron chi connectivity index (χ3n) is 3.60. The van der Waals surface area contributed by atoms with E-state index in [0.29, 0.717) is 11.5 Å². The van der Waals surface area contributed by atoms with E-state index in [1.807, 2.05) is 4.90 Å². The molecule has 5 heteroatoms. The average Bonchev–Trinajstić information content (AvgIpc) is 2.46. The average molecular weight is 248 g/mol. The molecule has 0 spiro atoms. The Morgan fingerprint density at radius 1 is 1.50 bits per heavy atom. The van der Waals surface area contributed by atoms with Crippen molar-refractivity contribution in [2.24, 2.45) is 11.8 Å². The lowest BCUT2D eigenvalue weighted by molar-refractivity contribution is 0.0683. The molecule has 1 saturated heterocycles. The van der Waals surface area contributed by atoms with Crippen LogP contribution in [0.1, 0.15) is 36.7 Å². The molecule has 0 aromatic carbocycles. The van der Waals surface area contributed by atoms with Gasteiger partial charge in [0.15, 0.2) is 0 Å². The summed E-state index contributed by atoms with van der Waals surface area (Å²) < 4.78 is 0. The van der Waals surface area contributed by atoms with Gasteiger partial charge in [0.05, 0.1) is 0 Å². The first-order valence-electron chi connectivity index (χ1n) is 6.47. The van der Waals surface area contributed by atoms with Gasteiger partial charge >= 0.3 is 0 Å². The van der Waals surface area contributed by atoms with Crippen molar-refractivity contribution in [1.82, 2.24) is 9.88 Å². The minimum absolute atomic E-state index is 0.00153. The quantitative estimate of drug-likeness (QED) is 0.630. The molecule has 0 bridgehead atoms. The summed E-state index contributed by atoms with van der Waals surface area (Å²) in [6.07, 6.45) is 3.39. The first-order chi connectivity index (χ1) is 8.74. The lowest BCUT2D eigenvalue weighted by Crippen LogP contribution is -2.38. The number of nitrogens with zero attached hydrogens (tertiary/aromatic N) is 2. The lowest BCUT2D eigenvalue weighted by atomic mass is 9.94. The molecule has 2 rings (SSSR count). The fraction of sp³-hybridized carbons (Fsp3) is 0.538. The highest BCUT2D eigenvalue weighted by molar-refractivity contribution is 5.92. The molecule has 0 radical (unpaired) electrons. The number of carbonyl (C=O) groups excluding carboxylic acids is 1. The lowest BCUT2D eigenvalue weighted by Gasteiger charge is -2.31. The van der Waals surface area contributed by atoms with E-state index in [9.17, 15) is 4.79 Å². The Bertz CT molecular complexity index is 413. The van der Waals surface area contributed by atoms with Crippen LogP contribution < -0.4 is 11.3 Å². The van der Waals surface area contributed by atoms with Crippen LogP contribution in [-0.4, -0.2) is 28.9 Å². The molecule has 0 saturated carbocycles. The zero-order chi connectivity index (χ0) is 13.0. The van der Waals surface area contributed by atoms with Crippen LogP contribution in [0.3, 0.4) is 0 Å². The van der Waals surface area contributed by atoms with Crippen molar-refractivity contribution in [2.45, 2.75) is 26.2 Å². The van der Waals surface area contributed by atoms with Crippen molar-refractivity contribution in [3.05, 3.63) is 23.9 Å². The number of nitrogens with two attached hydrogens (primary N) is 1. The maximum Gasteiger partial charge on any atom is 0.272 e. The van der Waals surface area contributed by atoms with Gasteiger partial charge in [-0.15, -0.1) is 0 Å². The number of nitrogen functional groups attached to an aromatic ring is 1. The molecule has 5 nitrogen and oxygen atoms in total. The van der Waals surface area contributed by atoms with Crippen LogP contribution >= 0.6 is 0 Å². The van der Waals surface area contributed by atoms with E-state index < -0.39 is 0 Å². The first-order valence-corrected chi connectivity index (χ1v) is 6.47. The predicted octanol–water partition coefficient (Wildman–Crippen LogP) is 1.63. The fourth-order valence-electron chi connectivity index (χ4n) is 2.34. The highest BCUT2D eigenvalue weighted by Crippen LogP contribution is 2.21. The second-order valence-electron chi connectivity index (χ2n) is 4.70. The van der Waals surface area contributed by atoms with Gasteiger partial charge in [0.2, 0.25) is 0 Å². The van der Waals surface area contributed by atoms with Gasteiger partial charge in [-0.05, 0) is 30.9 Å². The monoisotopic (exact) mass is 248 g/mol. The van der Waals surface area contributed by atoms with Gasteiger partial charge in [0.1, 0.15) is 11.5 Å². The van der Waals surface area contributed by atoms with Gasteiger partial charge in [-0.2, -0.15) is 0 Å². The highest BCUT2D eigenvalue weighted by atomic mass is 16.2. The summed E-state index contributed by atoms with van der Waals surface area (Å²) in [6, 6.07) is 5.25. The maximum absolute atomic E-state index is 12.3. The van der Waals surface area contributed by atoms with E-state index in [0.717, 1.165) is 31.8 Å². The molecule has 1 fully saturated rings. The van der Waals surface area contributed by atoms with Crippen LogP contribution in [0.2, 0.25) is 0 Å². The van der Waals surface area contributed by atoms with Crippen LogP contribution in [0.5, 0.6) is 0 Å². The number of rotatable bonds is 3. The molecule has 1 amide bonds. The van der Waals surface area contributed by atoms with Crippen LogP contribution in [0.4, 0.5) is 5.82 Å². The minimum Gasteiger partial charge on any atom is -0.337 e. The largest absolute Gasteiger partial charge is 0.337 e. The maximum atomic E-state index is 12.3. The van der Waals surface area contributed by atoms with Gasteiger partial charge in [-0.3, -0.25) is 4.79 Å². The molecule has 0 unspecified atom stereocenters. The van der Waals surface area contributed by atoms with E-state index in [-0.39, 0.29) is 5.91 Å². The molecule has 0 atom stereocenters. The van der Waals surface area contributed by atoms with Crippen molar-refractivity contribution in [2.75, 3.05) is 18.5 Å². The summed E-state index contributed by atoms with van der Waals surface area (Å²) in [7, 11) is 0. The summed E-state index contributed by atoms with van der Waals surface area (Å²) in [5.41, 5.74) is 2.92. The zero-order valence-electron chi connectivity index (χ0n) is 10.7. The molecular formula is C13H20N4O. The Hall–Kier alpha value is -1.62. The molecule has 3 N–H and O–H groups in total. The van der Waals surface area contributed by atoms with Gasteiger partial charge in [0, 0.05) is 13.1 Å². The molecule has 2 heterocycles. The Morgan fingerprint density at radius 3 is 2.83 bits per heavy atom. The van der Waals surface area contributed by atoms with Crippen LogP contribution in [0.25, 0.3) is 0 Å². The van der Waals surface area contributed by atoms with E-state index in [1.165, 1.54) is 6.42 Å². The molecular weight excluding hydrogens is 228 g/mol. The number of hydrazine groups is 1. The number of hydrogen-bond acceptors (Lipinski definition) is 4. The molecule has 1 aromatic rings. The topological polar surface area (TPSA) is 71.2 Å². The van der Waals surface area contributed by atoms with Crippen molar-refractivity contribution in [3.8, 4) is 0 Å². The van der Waals surface area contributed by atoms with E-state index in [1.54, 1.807) is 18.2 Å². The van der Waals surface area contributed by atoms with Crippen molar-refractivity contribution in [1.29, 1.82) is 0 Å². The zero-order valence-corrected chi connectivity index (χ0v) is 10.7. The van der Waals surface area contributed by atoms with E-state index >= 15 is 0 Å². The Labute approximate surface area is 107 Å². The standard InChI is InChI=1S/C13H20N4O/c1-2-10-6-8-17(9-7-10)13(18)11-4-3-5-12(15-11)16-14/h3-5,10H,2,6-9,14H2,1H3,(H,15,16). The molecule has 1 aromatic heterocycles. The van der Waals surface area contributed by atoms with Gasteiger partial charge in [-0.25, -0.2) is 10.8 Å². The van der Waals surface area contributed by atoms with Crippen molar-refractivity contribution < 1.29 is 4.79 Å². The summed E-state index contributed by atoms with van der Waals surface area (Å²) in [4.78, 5) is 18.3. The molecule has 18 heavy (non-hydrogen) atoms. The number of amides is 1. The van der Waals surface area contributed by atoms with E-state index in [4.69, 9.17) is 5.84 Å². The number of pyridine rings is 1. The minimum atomic E-state index is 0.00153. The highest BCUT2D eigenvalue weighted by Gasteiger charge is 2.23. The normalized spacial score (nSPS) is 16.7. The first kappa shape index (κ1) is 12.8. The SMILES string of the molecule is CCC1CCN(C(=O)c2cccc(NN)n2)CC1. The molecule has 0 aliphatic carbocycles. The Morgan fingerprint density at radius 2 is 2.22 bits per heavy atom. The third kappa shape index (κ3) is 2.79. The summed E-state index contributed by atoms with van der Waals surface area (Å²) >= 11 is 0. The third-order valence-corrected chi connectivity index (χ3v) is 3.60. The predicted molar refractivity (Wildman–Crippen MR) is 71.0 cm³/mol. The number of aromatic nitrogens is 1. The van der Waals surface area contributed by atoms with Gasteiger partial charge in [-0.1, -0.05) is 19.4 Å². The van der Waals surface area contributed by atoms with E-state index in [2.05, 4.69) is 17.3 Å². The molecule has 1 aliphatic rings.